The highest BCUT2D eigenvalue weighted by atomic mass is 31.2. The number of para-hydroxylation sites is 2. The predicted octanol–water partition coefficient (Wildman–Crippen LogP) is 6.92. The summed E-state index contributed by atoms with van der Waals surface area (Å²) in [5.74, 6) is 0.888. The van der Waals surface area contributed by atoms with Gasteiger partial charge in [0.15, 0.2) is 0 Å². The molecule has 0 unspecified atom stereocenters. The average molecular weight is 519 g/mol. The Hall–Kier alpha value is -4.11. The fraction of sp³-hybridized carbons (Fsp3) is 0.0909. The van der Waals surface area contributed by atoms with Crippen molar-refractivity contribution in [3.63, 3.8) is 0 Å². The number of benzene rings is 5. The van der Waals surface area contributed by atoms with Crippen molar-refractivity contribution in [3.05, 3.63) is 143 Å². The maximum Gasteiger partial charge on any atom is 0.467 e. The predicted molar refractivity (Wildman–Crippen MR) is 153 cm³/mol. The molecule has 0 fully saturated rings. The van der Waals surface area contributed by atoms with E-state index in [-0.39, 0.29) is 0 Å². The van der Waals surface area contributed by atoms with Crippen molar-refractivity contribution in [2.45, 2.75) is 11.8 Å². The van der Waals surface area contributed by atoms with Crippen LogP contribution in [0.2, 0.25) is 0 Å². The molecule has 5 aromatic carbocycles. The maximum absolute atomic E-state index is 15.4. The van der Waals surface area contributed by atoms with Crippen LogP contribution < -0.4 is 19.5 Å². The SMILES string of the molecule is CO[C@]1(P(=O)(Oc2ccccc2)Oc2ccccc2)CC=c2ccccc2=C1c1cccc2ccccc12. The van der Waals surface area contributed by atoms with Gasteiger partial charge in [-0.05, 0) is 51.0 Å². The summed E-state index contributed by atoms with van der Waals surface area (Å²) in [4.78, 5) is 0. The molecule has 5 heteroatoms. The van der Waals surface area contributed by atoms with Crippen molar-refractivity contribution in [2.75, 3.05) is 7.11 Å². The third-order valence-corrected chi connectivity index (χ3v) is 9.37. The summed E-state index contributed by atoms with van der Waals surface area (Å²) < 4.78 is 34.5. The van der Waals surface area contributed by atoms with Gasteiger partial charge >= 0.3 is 7.60 Å². The van der Waals surface area contributed by atoms with E-state index in [1.807, 2.05) is 72.8 Å². The lowest BCUT2D eigenvalue weighted by Gasteiger charge is -2.40. The van der Waals surface area contributed by atoms with Gasteiger partial charge in [-0.1, -0.05) is 109 Å². The second-order valence-corrected chi connectivity index (χ2v) is 11.3. The van der Waals surface area contributed by atoms with Crippen LogP contribution in [0, 0.1) is 0 Å². The molecule has 0 N–H and O–H groups in total. The van der Waals surface area contributed by atoms with Crippen LogP contribution in [0.5, 0.6) is 11.5 Å². The van der Waals surface area contributed by atoms with Crippen LogP contribution in [0.1, 0.15) is 12.0 Å². The van der Waals surface area contributed by atoms with Gasteiger partial charge in [-0.25, -0.2) is 4.57 Å². The first-order valence-electron chi connectivity index (χ1n) is 12.6. The van der Waals surface area contributed by atoms with Crippen LogP contribution in [0.3, 0.4) is 0 Å². The van der Waals surface area contributed by atoms with Crippen molar-refractivity contribution in [2.24, 2.45) is 0 Å². The summed E-state index contributed by atoms with van der Waals surface area (Å²) >= 11 is 0. The average Bonchev–Trinajstić information content (AvgIpc) is 2.97. The zero-order valence-corrected chi connectivity index (χ0v) is 21.9. The molecule has 188 valence electrons. The van der Waals surface area contributed by atoms with Gasteiger partial charge in [0.1, 0.15) is 11.5 Å². The van der Waals surface area contributed by atoms with E-state index in [1.54, 1.807) is 31.4 Å². The zero-order chi connectivity index (χ0) is 26.0. The van der Waals surface area contributed by atoms with Gasteiger partial charge in [-0.15, -0.1) is 0 Å². The molecule has 0 saturated carbocycles. The minimum atomic E-state index is -4.12. The van der Waals surface area contributed by atoms with Gasteiger partial charge in [0, 0.05) is 19.1 Å². The molecular weight excluding hydrogens is 491 g/mol. The highest BCUT2D eigenvalue weighted by molar-refractivity contribution is 7.57. The van der Waals surface area contributed by atoms with E-state index in [1.165, 1.54) is 0 Å². The lowest BCUT2D eigenvalue weighted by molar-refractivity contribution is 0.0910. The van der Waals surface area contributed by atoms with Crippen LogP contribution >= 0.6 is 7.60 Å². The fourth-order valence-electron chi connectivity index (χ4n) is 5.21. The molecule has 38 heavy (non-hydrogen) atoms. The Morgan fingerprint density at radius 3 is 1.92 bits per heavy atom. The monoisotopic (exact) mass is 518 g/mol. The quantitative estimate of drug-likeness (QED) is 0.220. The van der Waals surface area contributed by atoms with Crippen LogP contribution in [-0.4, -0.2) is 12.5 Å². The minimum Gasteiger partial charge on any atom is -0.414 e. The first kappa shape index (κ1) is 24.2. The van der Waals surface area contributed by atoms with Crippen molar-refractivity contribution < 1.29 is 18.3 Å². The summed E-state index contributed by atoms with van der Waals surface area (Å²) in [6.45, 7) is 0. The number of hydrogen-bond acceptors (Lipinski definition) is 4. The third-order valence-electron chi connectivity index (χ3n) is 7.00. The molecule has 1 aliphatic carbocycles. The molecule has 0 radical (unpaired) electrons. The largest absolute Gasteiger partial charge is 0.467 e. The maximum atomic E-state index is 15.4. The van der Waals surface area contributed by atoms with Crippen LogP contribution in [0.15, 0.2) is 127 Å². The number of hydrogen-bond donors (Lipinski definition) is 0. The van der Waals surface area contributed by atoms with E-state index < -0.39 is 12.9 Å². The smallest absolute Gasteiger partial charge is 0.414 e. The topological polar surface area (TPSA) is 44.8 Å². The summed E-state index contributed by atoms with van der Waals surface area (Å²) in [7, 11) is -2.53. The number of ether oxygens (including phenoxy) is 1. The van der Waals surface area contributed by atoms with Crippen molar-refractivity contribution >= 4 is 30.0 Å². The number of rotatable bonds is 7. The van der Waals surface area contributed by atoms with Crippen molar-refractivity contribution in [1.82, 2.24) is 0 Å². The van der Waals surface area contributed by atoms with Gasteiger partial charge in [0.05, 0.1) is 0 Å². The highest BCUT2D eigenvalue weighted by Crippen LogP contribution is 2.65. The summed E-state index contributed by atoms with van der Waals surface area (Å²) in [6.07, 6.45) is 2.36. The Balaban J connectivity index is 1.68. The molecule has 0 aliphatic heterocycles. The number of fused-ring (bicyclic) bond motifs is 2. The van der Waals surface area contributed by atoms with E-state index in [2.05, 4.69) is 36.4 Å². The molecule has 0 saturated heterocycles. The van der Waals surface area contributed by atoms with E-state index >= 15 is 4.57 Å². The first-order chi connectivity index (χ1) is 18.6. The van der Waals surface area contributed by atoms with Crippen LogP contribution in [0.4, 0.5) is 0 Å². The fourth-order valence-corrected chi connectivity index (χ4v) is 7.40. The zero-order valence-electron chi connectivity index (χ0n) is 21.0. The molecule has 0 heterocycles. The second kappa shape index (κ2) is 9.98. The Morgan fingerprint density at radius 1 is 0.658 bits per heavy atom. The molecule has 5 aromatic rings. The molecule has 0 bridgehead atoms. The van der Waals surface area contributed by atoms with E-state index in [9.17, 15) is 0 Å². The normalized spacial score (nSPS) is 16.9. The summed E-state index contributed by atoms with van der Waals surface area (Å²) in [6, 6.07) is 40.8. The van der Waals surface area contributed by atoms with Crippen LogP contribution in [-0.2, 0) is 9.30 Å². The Bertz CT molecular complexity index is 1720. The molecule has 0 spiro atoms. The van der Waals surface area contributed by atoms with Gasteiger partial charge in [0.2, 0.25) is 5.34 Å². The molecule has 6 rings (SSSR count). The van der Waals surface area contributed by atoms with Gasteiger partial charge in [-0.2, -0.15) is 0 Å². The van der Waals surface area contributed by atoms with Crippen molar-refractivity contribution in [3.8, 4) is 11.5 Å². The molecular formula is C33H27O4P. The first-order valence-corrected chi connectivity index (χ1v) is 14.1. The minimum absolute atomic E-state index is 0.302. The summed E-state index contributed by atoms with van der Waals surface area (Å²) in [5, 5.41) is 2.67. The van der Waals surface area contributed by atoms with E-state index in [0.29, 0.717) is 17.9 Å². The Labute approximate surface area is 222 Å². The molecule has 1 aliphatic rings. The molecule has 0 aromatic heterocycles. The van der Waals surface area contributed by atoms with Crippen LogP contribution in [0.25, 0.3) is 22.4 Å². The van der Waals surface area contributed by atoms with Gasteiger partial charge in [0.25, 0.3) is 0 Å². The number of methoxy groups -OCH3 is 1. The molecule has 1 atom stereocenters. The van der Waals surface area contributed by atoms with E-state index in [4.69, 9.17) is 13.8 Å². The van der Waals surface area contributed by atoms with E-state index in [0.717, 1.165) is 32.3 Å². The van der Waals surface area contributed by atoms with Gasteiger partial charge < -0.3 is 13.8 Å². The summed E-state index contributed by atoms with van der Waals surface area (Å²) in [5.41, 5.74) is 1.71. The van der Waals surface area contributed by atoms with Crippen molar-refractivity contribution in [1.29, 1.82) is 0 Å². The lowest BCUT2D eigenvalue weighted by atomic mass is 9.87. The Kier molecular flexibility index (Phi) is 6.37. The molecule has 0 amide bonds. The standard InChI is InChI=1S/C33H27O4P/c1-35-33(38(34,36-27-16-4-2-5-17-27)37-28-18-6-3-7-19-28)24-23-26-14-9-11-21-30(26)32(33)31-22-12-15-25-13-8-10-20-29(25)31/h2-23H,24H2,1H3/t33-/m0/s1. The van der Waals surface area contributed by atoms with Gasteiger partial charge in [-0.3, -0.25) is 0 Å². The lowest BCUT2D eigenvalue weighted by Crippen LogP contribution is -2.46. The second-order valence-electron chi connectivity index (χ2n) is 9.19. The third kappa shape index (κ3) is 4.12. The molecule has 4 nitrogen and oxygen atoms in total. The Morgan fingerprint density at radius 2 is 1.24 bits per heavy atom. The highest BCUT2D eigenvalue weighted by Gasteiger charge is 2.58.